The first-order valence-corrected chi connectivity index (χ1v) is 8.48. The molecule has 142 valence electrons. The van der Waals surface area contributed by atoms with Gasteiger partial charge in [0.05, 0.1) is 19.6 Å². The van der Waals surface area contributed by atoms with Crippen molar-refractivity contribution in [2.75, 3.05) is 39.4 Å². The molecule has 0 saturated heterocycles. The standard InChI is InChI=1S/C16H33N3O5/c1-16(2,12-20)14(22)15(23)19-10-6-13(21)24-11-5-9-18-8-4-3-7-17/h14,18,20,22H,3-12,17H2,1-2H3,(H,19,23)/t14-/m0/s1. The smallest absolute Gasteiger partial charge is 0.307 e. The molecule has 1 amide bonds. The summed E-state index contributed by atoms with van der Waals surface area (Å²) in [6, 6.07) is 0. The summed E-state index contributed by atoms with van der Waals surface area (Å²) in [6.07, 6.45) is 1.47. The molecule has 0 radical (unpaired) electrons. The number of carbonyl (C=O) groups is 2. The Morgan fingerprint density at radius 3 is 2.46 bits per heavy atom. The van der Waals surface area contributed by atoms with E-state index in [0.29, 0.717) is 13.2 Å². The van der Waals surface area contributed by atoms with Crippen LogP contribution in [-0.2, 0) is 14.3 Å². The lowest BCUT2D eigenvalue weighted by atomic mass is 9.87. The molecule has 1 atom stereocenters. The molecule has 0 aromatic carbocycles. The predicted molar refractivity (Wildman–Crippen MR) is 91.2 cm³/mol. The van der Waals surface area contributed by atoms with Crippen molar-refractivity contribution in [3.05, 3.63) is 0 Å². The largest absolute Gasteiger partial charge is 0.466 e. The lowest BCUT2D eigenvalue weighted by Gasteiger charge is -2.27. The highest BCUT2D eigenvalue weighted by Crippen LogP contribution is 2.19. The number of aliphatic hydroxyl groups is 2. The number of unbranched alkanes of at least 4 members (excludes halogenated alkanes) is 1. The highest BCUT2D eigenvalue weighted by molar-refractivity contribution is 5.81. The van der Waals surface area contributed by atoms with Crippen molar-refractivity contribution in [3.8, 4) is 0 Å². The van der Waals surface area contributed by atoms with Gasteiger partial charge in [-0.05, 0) is 38.9 Å². The molecule has 0 aromatic heterocycles. The van der Waals surface area contributed by atoms with E-state index in [-0.39, 0.29) is 19.6 Å². The van der Waals surface area contributed by atoms with E-state index < -0.39 is 23.4 Å². The van der Waals surface area contributed by atoms with Crippen LogP contribution in [0, 0.1) is 5.41 Å². The number of hydrogen-bond acceptors (Lipinski definition) is 7. The van der Waals surface area contributed by atoms with Crippen molar-refractivity contribution in [2.45, 2.75) is 45.6 Å². The van der Waals surface area contributed by atoms with Gasteiger partial charge < -0.3 is 31.3 Å². The summed E-state index contributed by atoms with van der Waals surface area (Å²) in [5.74, 6) is -1.00. The fourth-order valence-corrected chi connectivity index (χ4v) is 1.80. The SMILES string of the molecule is CC(C)(CO)[C@@H](O)C(=O)NCCC(=O)OCCCNCCCCN. The maximum absolute atomic E-state index is 11.7. The van der Waals surface area contributed by atoms with Gasteiger partial charge in [-0.3, -0.25) is 9.59 Å². The second kappa shape index (κ2) is 13.1. The third kappa shape index (κ3) is 10.5. The van der Waals surface area contributed by atoms with E-state index in [9.17, 15) is 14.7 Å². The molecule has 0 aromatic rings. The van der Waals surface area contributed by atoms with Crippen LogP contribution in [0.1, 0.15) is 39.5 Å². The van der Waals surface area contributed by atoms with Crippen LogP contribution in [0.4, 0.5) is 0 Å². The molecule has 0 bridgehead atoms. The van der Waals surface area contributed by atoms with Gasteiger partial charge in [-0.1, -0.05) is 13.8 Å². The average molecular weight is 347 g/mol. The van der Waals surface area contributed by atoms with Gasteiger partial charge in [-0.15, -0.1) is 0 Å². The van der Waals surface area contributed by atoms with Crippen LogP contribution in [0.3, 0.4) is 0 Å². The molecule has 6 N–H and O–H groups in total. The minimum atomic E-state index is -1.33. The normalized spacial score (nSPS) is 12.7. The van der Waals surface area contributed by atoms with Crippen LogP contribution in [0.15, 0.2) is 0 Å². The van der Waals surface area contributed by atoms with Crippen molar-refractivity contribution in [2.24, 2.45) is 11.1 Å². The second-order valence-corrected chi connectivity index (χ2v) is 6.41. The summed E-state index contributed by atoms with van der Waals surface area (Å²) in [7, 11) is 0. The highest BCUT2D eigenvalue weighted by Gasteiger charge is 2.32. The zero-order valence-electron chi connectivity index (χ0n) is 14.8. The van der Waals surface area contributed by atoms with Crippen LogP contribution >= 0.6 is 0 Å². The third-order valence-corrected chi connectivity index (χ3v) is 3.59. The Kier molecular flexibility index (Phi) is 12.4. The Morgan fingerprint density at radius 2 is 1.83 bits per heavy atom. The molecular weight excluding hydrogens is 314 g/mol. The quantitative estimate of drug-likeness (QED) is 0.204. The molecule has 0 fully saturated rings. The van der Waals surface area contributed by atoms with Crippen LogP contribution in [0.2, 0.25) is 0 Å². The van der Waals surface area contributed by atoms with E-state index in [2.05, 4.69) is 10.6 Å². The van der Waals surface area contributed by atoms with E-state index in [4.69, 9.17) is 15.6 Å². The van der Waals surface area contributed by atoms with Crippen LogP contribution < -0.4 is 16.4 Å². The fraction of sp³-hybridized carbons (Fsp3) is 0.875. The molecule has 0 aliphatic carbocycles. The van der Waals surface area contributed by atoms with Crippen LogP contribution in [0.25, 0.3) is 0 Å². The van der Waals surface area contributed by atoms with Crippen LogP contribution in [0.5, 0.6) is 0 Å². The van der Waals surface area contributed by atoms with E-state index >= 15 is 0 Å². The topological polar surface area (TPSA) is 134 Å². The highest BCUT2D eigenvalue weighted by atomic mass is 16.5. The Labute approximate surface area is 144 Å². The van der Waals surface area contributed by atoms with Crippen molar-refractivity contribution in [1.29, 1.82) is 0 Å². The molecule has 8 heteroatoms. The molecule has 24 heavy (non-hydrogen) atoms. The molecule has 0 spiro atoms. The van der Waals surface area contributed by atoms with Gasteiger partial charge >= 0.3 is 5.97 Å². The van der Waals surface area contributed by atoms with Gasteiger partial charge in [0.2, 0.25) is 5.91 Å². The summed E-state index contributed by atoms with van der Waals surface area (Å²) in [5, 5.41) is 24.6. The zero-order chi connectivity index (χ0) is 18.4. The molecule has 0 heterocycles. The van der Waals surface area contributed by atoms with E-state index in [1.807, 2.05) is 0 Å². The number of rotatable bonds is 14. The van der Waals surface area contributed by atoms with Crippen molar-refractivity contribution >= 4 is 11.9 Å². The van der Waals surface area contributed by atoms with Crippen molar-refractivity contribution < 1.29 is 24.5 Å². The van der Waals surface area contributed by atoms with Crippen LogP contribution in [-0.4, -0.2) is 67.6 Å². The second-order valence-electron chi connectivity index (χ2n) is 6.41. The number of nitrogens with one attached hydrogen (secondary N) is 2. The summed E-state index contributed by atoms with van der Waals surface area (Å²) in [6.45, 7) is 5.64. The summed E-state index contributed by atoms with van der Waals surface area (Å²) in [4.78, 5) is 23.2. The molecule has 0 rings (SSSR count). The Balaban J connectivity index is 3.64. The number of aliphatic hydroxyl groups excluding tert-OH is 2. The number of nitrogens with two attached hydrogens (primary N) is 1. The average Bonchev–Trinajstić information content (AvgIpc) is 2.56. The summed E-state index contributed by atoms with van der Waals surface area (Å²) in [5.41, 5.74) is 4.46. The Bertz CT molecular complexity index is 364. The van der Waals surface area contributed by atoms with Gasteiger partial charge in [-0.2, -0.15) is 0 Å². The first-order valence-electron chi connectivity index (χ1n) is 8.48. The Hall–Kier alpha value is -1.22. The van der Waals surface area contributed by atoms with E-state index in [1.165, 1.54) is 0 Å². The van der Waals surface area contributed by atoms with Crippen molar-refractivity contribution in [3.63, 3.8) is 0 Å². The zero-order valence-corrected chi connectivity index (χ0v) is 14.8. The molecule has 0 unspecified atom stereocenters. The lowest BCUT2D eigenvalue weighted by Crippen LogP contribution is -2.46. The maximum atomic E-state index is 11.7. The number of ether oxygens (including phenoxy) is 1. The molecule has 0 aliphatic rings. The van der Waals surface area contributed by atoms with Gasteiger partial charge in [-0.25, -0.2) is 0 Å². The lowest BCUT2D eigenvalue weighted by molar-refractivity contribution is -0.144. The summed E-state index contributed by atoms with van der Waals surface area (Å²) >= 11 is 0. The predicted octanol–water partition coefficient (Wildman–Crippen LogP) is -0.866. The monoisotopic (exact) mass is 347 g/mol. The maximum Gasteiger partial charge on any atom is 0.307 e. The summed E-state index contributed by atoms with van der Waals surface area (Å²) < 4.78 is 5.05. The first kappa shape index (κ1) is 22.8. The number of carbonyl (C=O) groups excluding carboxylic acids is 2. The van der Waals surface area contributed by atoms with Gasteiger partial charge in [0.15, 0.2) is 0 Å². The van der Waals surface area contributed by atoms with Gasteiger partial charge in [0.25, 0.3) is 0 Å². The number of hydrogen-bond donors (Lipinski definition) is 5. The Morgan fingerprint density at radius 1 is 1.17 bits per heavy atom. The van der Waals surface area contributed by atoms with Gasteiger partial charge in [0.1, 0.15) is 6.10 Å². The van der Waals surface area contributed by atoms with Gasteiger partial charge in [0, 0.05) is 12.0 Å². The third-order valence-electron chi connectivity index (χ3n) is 3.59. The van der Waals surface area contributed by atoms with E-state index in [0.717, 1.165) is 32.4 Å². The number of amides is 1. The molecule has 0 saturated carbocycles. The first-order chi connectivity index (χ1) is 11.3. The molecular formula is C16H33N3O5. The molecule has 0 aliphatic heterocycles. The minimum absolute atomic E-state index is 0.0436. The minimum Gasteiger partial charge on any atom is -0.466 e. The number of esters is 1. The fourth-order valence-electron chi connectivity index (χ4n) is 1.80. The van der Waals surface area contributed by atoms with E-state index in [1.54, 1.807) is 13.8 Å². The van der Waals surface area contributed by atoms with Crippen molar-refractivity contribution in [1.82, 2.24) is 10.6 Å². The molecule has 8 nitrogen and oxygen atoms in total.